The van der Waals surface area contributed by atoms with Crippen molar-refractivity contribution in [2.75, 3.05) is 0 Å². The Labute approximate surface area is 123 Å². The number of aliphatic carboxylic acids is 1. The van der Waals surface area contributed by atoms with Crippen LogP contribution in [0, 0.1) is 5.92 Å². The Bertz CT molecular complexity index is 572. The van der Waals surface area contributed by atoms with Gasteiger partial charge >= 0.3 is 5.97 Å². The Kier molecular flexibility index (Phi) is 3.68. The second-order valence-electron chi connectivity index (χ2n) is 6.06. The SMILES string of the molecule is NC1CCC(C(=O)N2Cc3ccccc3CC2C(=O)O)C1. The van der Waals surface area contributed by atoms with E-state index in [9.17, 15) is 14.7 Å². The van der Waals surface area contributed by atoms with E-state index < -0.39 is 12.0 Å². The molecule has 0 aromatic heterocycles. The highest BCUT2D eigenvalue weighted by Gasteiger charge is 2.39. The molecule has 5 heteroatoms. The number of carboxylic acid groups (broad SMARTS) is 1. The van der Waals surface area contributed by atoms with Crippen molar-refractivity contribution in [2.24, 2.45) is 11.7 Å². The number of carbonyl (C=O) groups is 2. The molecule has 0 saturated heterocycles. The lowest BCUT2D eigenvalue weighted by atomic mass is 9.92. The van der Waals surface area contributed by atoms with Gasteiger partial charge in [0.05, 0.1) is 0 Å². The first-order valence-electron chi connectivity index (χ1n) is 7.42. The van der Waals surface area contributed by atoms with Crippen molar-refractivity contribution in [1.82, 2.24) is 4.90 Å². The number of fused-ring (bicyclic) bond motifs is 1. The standard InChI is InChI=1S/C16H20N2O3/c17-13-6-5-11(7-13)15(19)18-9-12-4-2-1-3-10(12)8-14(18)16(20)21/h1-4,11,13-14H,5-9,17H2,(H,20,21). The van der Waals surface area contributed by atoms with Gasteiger partial charge in [-0.1, -0.05) is 24.3 Å². The number of hydrogen-bond acceptors (Lipinski definition) is 3. The summed E-state index contributed by atoms with van der Waals surface area (Å²) >= 11 is 0. The number of hydrogen-bond donors (Lipinski definition) is 2. The molecule has 0 radical (unpaired) electrons. The molecule has 1 fully saturated rings. The van der Waals surface area contributed by atoms with Gasteiger partial charge in [-0.2, -0.15) is 0 Å². The van der Waals surface area contributed by atoms with Crippen LogP contribution < -0.4 is 5.73 Å². The summed E-state index contributed by atoms with van der Waals surface area (Å²) in [6, 6.07) is 7.05. The van der Waals surface area contributed by atoms with Crippen LogP contribution in [0.25, 0.3) is 0 Å². The molecule has 0 bridgehead atoms. The van der Waals surface area contributed by atoms with Gasteiger partial charge in [-0.3, -0.25) is 4.79 Å². The molecule has 1 aromatic carbocycles. The number of carboxylic acids is 1. The summed E-state index contributed by atoms with van der Waals surface area (Å²) in [5.41, 5.74) is 7.95. The summed E-state index contributed by atoms with van der Waals surface area (Å²) in [5.74, 6) is -1.10. The minimum atomic E-state index is -0.930. The third kappa shape index (κ3) is 2.65. The highest BCUT2D eigenvalue weighted by atomic mass is 16.4. The molecule has 1 heterocycles. The van der Waals surface area contributed by atoms with E-state index in [4.69, 9.17) is 5.73 Å². The van der Waals surface area contributed by atoms with Gasteiger partial charge in [0.25, 0.3) is 0 Å². The molecule has 3 unspecified atom stereocenters. The first-order chi connectivity index (χ1) is 10.1. The summed E-state index contributed by atoms with van der Waals surface area (Å²) in [6.07, 6.45) is 2.67. The molecule has 3 atom stereocenters. The van der Waals surface area contributed by atoms with Crippen LogP contribution in [0.3, 0.4) is 0 Å². The van der Waals surface area contributed by atoms with Crippen molar-refractivity contribution in [3.05, 3.63) is 35.4 Å². The molecule has 1 aromatic rings. The topological polar surface area (TPSA) is 83.6 Å². The fourth-order valence-corrected chi connectivity index (χ4v) is 3.45. The van der Waals surface area contributed by atoms with E-state index in [-0.39, 0.29) is 17.9 Å². The van der Waals surface area contributed by atoms with Crippen LogP contribution in [-0.2, 0) is 22.6 Å². The zero-order valence-corrected chi connectivity index (χ0v) is 11.9. The maximum absolute atomic E-state index is 12.7. The van der Waals surface area contributed by atoms with E-state index in [1.165, 1.54) is 4.90 Å². The van der Waals surface area contributed by atoms with Crippen molar-refractivity contribution >= 4 is 11.9 Å². The second-order valence-corrected chi connectivity index (χ2v) is 6.06. The van der Waals surface area contributed by atoms with Crippen LogP contribution in [0.15, 0.2) is 24.3 Å². The molecule has 21 heavy (non-hydrogen) atoms. The molecule has 1 amide bonds. The minimum absolute atomic E-state index is 0.0511. The molecule has 1 aliphatic heterocycles. The van der Waals surface area contributed by atoms with Crippen LogP contribution >= 0.6 is 0 Å². The maximum atomic E-state index is 12.7. The predicted molar refractivity (Wildman–Crippen MR) is 77.4 cm³/mol. The average molecular weight is 288 g/mol. The molecule has 2 aliphatic rings. The molecule has 0 spiro atoms. The van der Waals surface area contributed by atoms with Gasteiger partial charge in [0.2, 0.25) is 5.91 Å². The van der Waals surface area contributed by atoms with Crippen molar-refractivity contribution in [2.45, 2.75) is 44.3 Å². The second kappa shape index (κ2) is 5.48. The van der Waals surface area contributed by atoms with Gasteiger partial charge in [-0.25, -0.2) is 4.79 Å². The van der Waals surface area contributed by atoms with Gasteiger partial charge in [0, 0.05) is 24.9 Å². The van der Waals surface area contributed by atoms with E-state index >= 15 is 0 Å². The maximum Gasteiger partial charge on any atom is 0.326 e. The summed E-state index contributed by atoms with van der Waals surface area (Å²) in [5, 5.41) is 9.46. The first-order valence-corrected chi connectivity index (χ1v) is 7.42. The van der Waals surface area contributed by atoms with Gasteiger partial charge in [0.1, 0.15) is 6.04 Å². The van der Waals surface area contributed by atoms with Gasteiger partial charge in [-0.15, -0.1) is 0 Å². The van der Waals surface area contributed by atoms with Crippen LogP contribution in [0.1, 0.15) is 30.4 Å². The van der Waals surface area contributed by atoms with Crippen LogP contribution in [0.4, 0.5) is 0 Å². The summed E-state index contributed by atoms with van der Waals surface area (Å²) in [4.78, 5) is 25.8. The predicted octanol–water partition coefficient (Wildman–Crippen LogP) is 1.15. The first kappa shape index (κ1) is 14.1. The molecule has 1 aliphatic carbocycles. The molecule has 1 saturated carbocycles. The normalized spacial score (nSPS) is 28.2. The van der Waals surface area contributed by atoms with Crippen LogP contribution in [0.5, 0.6) is 0 Å². The molecule has 112 valence electrons. The Morgan fingerprint density at radius 1 is 1.19 bits per heavy atom. The Morgan fingerprint density at radius 3 is 2.52 bits per heavy atom. The van der Waals surface area contributed by atoms with Crippen LogP contribution in [0.2, 0.25) is 0 Å². The number of nitrogens with zero attached hydrogens (tertiary/aromatic N) is 1. The van der Waals surface area contributed by atoms with Crippen molar-refractivity contribution in [3.63, 3.8) is 0 Å². The molecular weight excluding hydrogens is 268 g/mol. The van der Waals surface area contributed by atoms with Crippen LogP contribution in [-0.4, -0.2) is 34.0 Å². The fourth-order valence-electron chi connectivity index (χ4n) is 3.45. The highest BCUT2D eigenvalue weighted by molar-refractivity contribution is 5.86. The van der Waals surface area contributed by atoms with E-state index in [0.29, 0.717) is 19.4 Å². The van der Waals surface area contributed by atoms with E-state index in [2.05, 4.69) is 0 Å². The Hall–Kier alpha value is -1.88. The quantitative estimate of drug-likeness (QED) is 0.855. The number of carbonyl (C=O) groups excluding carboxylic acids is 1. The van der Waals surface area contributed by atoms with E-state index in [1.807, 2.05) is 24.3 Å². The summed E-state index contributed by atoms with van der Waals surface area (Å²) in [7, 11) is 0. The molecular formula is C16H20N2O3. The fraction of sp³-hybridized carbons (Fsp3) is 0.500. The highest BCUT2D eigenvalue weighted by Crippen LogP contribution is 2.30. The average Bonchev–Trinajstić information content (AvgIpc) is 2.91. The minimum Gasteiger partial charge on any atom is -0.480 e. The third-order valence-corrected chi connectivity index (χ3v) is 4.64. The molecule has 3 rings (SSSR count). The Balaban J connectivity index is 1.85. The van der Waals surface area contributed by atoms with E-state index in [1.54, 1.807) is 0 Å². The van der Waals surface area contributed by atoms with Crippen molar-refractivity contribution < 1.29 is 14.7 Å². The number of rotatable bonds is 2. The van der Waals surface area contributed by atoms with Crippen molar-refractivity contribution in [3.8, 4) is 0 Å². The Morgan fingerprint density at radius 2 is 1.90 bits per heavy atom. The van der Waals surface area contributed by atoms with Gasteiger partial charge in [0.15, 0.2) is 0 Å². The lowest BCUT2D eigenvalue weighted by Crippen LogP contribution is -2.50. The molecule has 3 N–H and O–H groups in total. The third-order valence-electron chi connectivity index (χ3n) is 4.64. The van der Waals surface area contributed by atoms with Gasteiger partial charge < -0.3 is 15.7 Å². The summed E-state index contributed by atoms with van der Waals surface area (Å²) < 4.78 is 0. The van der Waals surface area contributed by atoms with Crippen molar-refractivity contribution in [1.29, 1.82) is 0 Å². The van der Waals surface area contributed by atoms with Gasteiger partial charge in [-0.05, 0) is 30.4 Å². The smallest absolute Gasteiger partial charge is 0.326 e. The largest absolute Gasteiger partial charge is 0.480 e. The van der Waals surface area contributed by atoms with E-state index in [0.717, 1.165) is 24.0 Å². The summed E-state index contributed by atoms with van der Waals surface area (Å²) in [6.45, 7) is 0.387. The number of nitrogens with two attached hydrogens (primary N) is 1. The lowest BCUT2D eigenvalue weighted by Gasteiger charge is -2.36. The number of benzene rings is 1. The number of amides is 1. The lowest BCUT2D eigenvalue weighted by molar-refractivity contribution is -0.153. The zero-order valence-electron chi connectivity index (χ0n) is 11.9. The molecule has 5 nitrogen and oxygen atoms in total. The zero-order chi connectivity index (χ0) is 15.0. The monoisotopic (exact) mass is 288 g/mol.